The number of carbonyl (C=O) groups is 7. The highest BCUT2D eigenvalue weighted by atomic mass is 32.2. The zero-order valence-electron chi connectivity index (χ0n) is 28.4. The van der Waals surface area contributed by atoms with Crippen molar-refractivity contribution in [2.24, 2.45) is 16.6 Å². The number of aliphatic carboxylic acids is 2. The van der Waals surface area contributed by atoms with Gasteiger partial charge in [-0.3, -0.25) is 28.6 Å². The maximum atomic E-state index is 12.6. The van der Waals surface area contributed by atoms with Crippen LogP contribution in [0.2, 0.25) is 0 Å². The molecule has 56 heavy (non-hydrogen) atoms. The first kappa shape index (κ1) is 44.3. The van der Waals surface area contributed by atoms with Crippen molar-refractivity contribution in [3.8, 4) is 5.75 Å². The van der Waals surface area contributed by atoms with Gasteiger partial charge in [0.15, 0.2) is 10.8 Å². The minimum atomic E-state index is -5.02. The third-order valence-corrected chi connectivity index (χ3v) is 10.7. The molecule has 14 N–H and O–H groups in total. The zero-order valence-corrected chi connectivity index (χ0v) is 30.9. The van der Waals surface area contributed by atoms with E-state index in [0.717, 1.165) is 11.3 Å². The highest BCUT2D eigenvalue weighted by Gasteiger charge is 2.55. The molecule has 25 nitrogen and oxygen atoms in total. The Kier molecular flexibility index (Phi) is 14.3. The van der Waals surface area contributed by atoms with Crippen LogP contribution in [0.25, 0.3) is 0 Å². The summed E-state index contributed by atoms with van der Waals surface area (Å²) in [5, 5.41) is 36.1. The summed E-state index contributed by atoms with van der Waals surface area (Å²) in [6, 6.07) is 1.02. The number of aromatic nitrogens is 1. The second-order valence-electron chi connectivity index (χ2n) is 11.3. The summed E-state index contributed by atoms with van der Waals surface area (Å²) < 4.78 is 36.2. The van der Waals surface area contributed by atoms with Crippen LogP contribution in [0.1, 0.15) is 24.2 Å². The Labute approximate surface area is 322 Å². The van der Waals surface area contributed by atoms with Gasteiger partial charge in [-0.1, -0.05) is 17.3 Å². The van der Waals surface area contributed by atoms with Crippen molar-refractivity contribution in [3.63, 3.8) is 0 Å². The summed E-state index contributed by atoms with van der Waals surface area (Å²) in [6.45, 7) is 0.00835. The quantitative estimate of drug-likeness (QED) is 0.0408. The number of carbonyl (C=O) groups excluding carboxylic acids is 5. The molecule has 2 aromatic rings. The summed E-state index contributed by atoms with van der Waals surface area (Å²) in [5.41, 5.74) is 16.6. The molecule has 2 saturated heterocycles. The number of primary amides is 1. The van der Waals surface area contributed by atoms with Crippen molar-refractivity contribution >= 4 is 85.9 Å². The lowest BCUT2D eigenvalue weighted by molar-refractivity contribution is -0.150. The Morgan fingerprint density at radius 1 is 1.09 bits per heavy atom. The summed E-state index contributed by atoms with van der Waals surface area (Å²) in [6.07, 6.45) is -1.29. The number of thiazole rings is 1. The van der Waals surface area contributed by atoms with Crippen LogP contribution < -0.4 is 27.8 Å². The van der Waals surface area contributed by atoms with E-state index < -0.39 is 100 Å². The van der Waals surface area contributed by atoms with Crippen LogP contribution in [0.5, 0.6) is 5.75 Å². The first-order chi connectivity index (χ1) is 25.7. The number of carboxylic acids is 2. The van der Waals surface area contributed by atoms with E-state index in [1.807, 2.05) is 0 Å². The standard InChI is InChI=1S/C16H17N3O5S.C12H14N6O10S2.H2O/c1-7-6-25-15-11(14(22)19(15)12(7)16(23)24)18-13(21)10(17)8-2-4-9(20)5-3-8;13-11-15-4(3-29-11)7(17-28-2-6(19)20)9(21)16-8-5(1-27-12(14)23)18(10(8)22)30(24,25)26;/h2-5,10-11,15,20H,6,17H2,1H3,(H,18,21)(H,23,24);3,5,8H,1-2H2,(H2,13,15)(H2,14,23)(H,16,21)(H,19,20)(H,24,25,26);1H2/b;17-7-;/t10-,11-,15-;5-,8+;/m11./s1. The number of hydrogen-bond acceptors (Lipinski definition) is 18. The van der Waals surface area contributed by atoms with E-state index in [0.29, 0.717) is 16.9 Å². The molecule has 5 amide bonds. The van der Waals surface area contributed by atoms with Gasteiger partial charge in [-0.05, 0) is 30.2 Å². The van der Waals surface area contributed by atoms with Crippen molar-refractivity contribution in [1.82, 2.24) is 24.8 Å². The van der Waals surface area contributed by atoms with Crippen molar-refractivity contribution < 1.29 is 76.9 Å². The summed E-state index contributed by atoms with van der Waals surface area (Å²) in [5.74, 6) is -5.36. The number of rotatable bonds is 13. The smallest absolute Gasteiger partial charge is 0.404 e. The van der Waals surface area contributed by atoms with Crippen LogP contribution >= 0.6 is 23.1 Å². The molecule has 2 fully saturated rings. The Bertz CT molecular complexity index is 2080. The van der Waals surface area contributed by atoms with Crippen molar-refractivity contribution in [1.29, 1.82) is 0 Å². The number of anilines is 1. The highest BCUT2D eigenvalue weighted by Crippen LogP contribution is 2.40. The number of β-lactam (4-membered cyclic amide) rings is 2. The fraction of sp³-hybridized carbons (Fsp3) is 0.321. The topological polar surface area (TPSA) is 418 Å². The minimum absolute atomic E-state index is 0. The molecule has 1 aromatic heterocycles. The molecular weight excluding hydrogens is 815 g/mol. The average molecular weight is 848 g/mol. The maximum Gasteiger partial charge on any atom is 0.404 e. The lowest BCUT2D eigenvalue weighted by atomic mass is 9.99. The monoisotopic (exact) mass is 847 g/mol. The van der Waals surface area contributed by atoms with Crippen molar-refractivity contribution in [3.05, 3.63) is 52.2 Å². The molecule has 304 valence electrons. The van der Waals surface area contributed by atoms with Crippen LogP contribution in [0.15, 0.2) is 46.1 Å². The molecule has 0 saturated carbocycles. The Morgan fingerprint density at radius 2 is 1.73 bits per heavy atom. The summed E-state index contributed by atoms with van der Waals surface area (Å²) in [4.78, 5) is 91.5. The molecule has 1 aromatic carbocycles. The largest absolute Gasteiger partial charge is 0.508 e. The maximum absolute atomic E-state index is 12.6. The molecule has 0 aliphatic carbocycles. The third kappa shape index (κ3) is 9.96. The Balaban J connectivity index is 0.000000299. The third-order valence-electron chi connectivity index (χ3n) is 7.62. The molecule has 28 heteroatoms. The van der Waals surface area contributed by atoms with Gasteiger partial charge in [-0.25, -0.2) is 23.7 Å². The van der Waals surface area contributed by atoms with E-state index >= 15 is 0 Å². The Hall–Kier alpha value is -6.07. The number of phenolic OH excluding ortho intramolecular Hbond substituents is 1. The molecule has 0 spiro atoms. The zero-order chi connectivity index (χ0) is 40.9. The van der Waals surface area contributed by atoms with Gasteiger partial charge < -0.3 is 58.2 Å². The fourth-order valence-electron chi connectivity index (χ4n) is 5.11. The number of nitrogens with one attached hydrogen (secondary N) is 2. The van der Waals surface area contributed by atoms with Crippen LogP contribution in [-0.4, -0.2) is 138 Å². The molecule has 0 bridgehead atoms. The lowest BCUT2D eigenvalue weighted by Gasteiger charge is -2.49. The number of amides is 5. The molecular formula is C28H33N9O16S3. The van der Waals surface area contributed by atoms with E-state index in [1.165, 1.54) is 46.3 Å². The normalized spacial score (nSPS) is 20.7. The van der Waals surface area contributed by atoms with E-state index in [4.69, 9.17) is 26.9 Å². The number of phenols is 1. The number of nitrogens with zero attached hydrogens (tertiary/aromatic N) is 4. The first-order valence-electron chi connectivity index (χ1n) is 15.1. The van der Waals surface area contributed by atoms with Crippen molar-refractivity contribution in [2.75, 3.05) is 24.7 Å². The van der Waals surface area contributed by atoms with Gasteiger partial charge in [0.1, 0.15) is 53.3 Å². The van der Waals surface area contributed by atoms with E-state index in [-0.39, 0.29) is 32.1 Å². The van der Waals surface area contributed by atoms with Gasteiger partial charge >= 0.3 is 28.3 Å². The summed E-state index contributed by atoms with van der Waals surface area (Å²) >= 11 is 2.32. The molecule has 4 heterocycles. The number of oxime groups is 1. The van der Waals surface area contributed by atoms with Crippen LogP contribution in [0, 0.1) is 0 Å². The van der Waals surface area contributed by atoms with Crippen LogP contribution in [-0.2, 0) is 48.6 Å². The van der Waals surface area contributed by atoms with Crippen LogP contribution in [0.3, 0.4) is 0 Å². The van der Waals surface area contributed by atoms with E-state index in [2.05, 4.69) is 30.3 Å². The Morgan fingerprint density at radius 3 is 2.27 bits per heavy atom. The number of hydrogen-bond donors (Lipinski definition) is 9. The molecule has 5 atom stereocenters. The number of nitrogens with two attached hydrogens (primary N) is 3. The SMILES string of the molecule is CC1=C(C(=O)O)N2C(=O)[C@@H](NC(=O)[C@H](N)c3ccc(O)cc3)[C@H]2SC1.NC(=O)OC[C@@H]1[C@H](NC(=O)/C(=N\OCC(=O)O)c2csc(N)n2)C(=O)N1S(=O)(=O)O.O. The molecule has 0 unspecified atom stereocenters. The number of aromatic hydroxyl groups is 1. The van der Waals surface area contributed by atoms with Gasteiger partial charge in [0.2, 0.25) is 12.5 Å². The molecule has 5 rings (SSSR count). The lowest BCUT2D eigenvalue weighted by Crippen LogP contribution is -2.73. The highest BCUT2D eigenvalue weighted by molar-refractivity contribution is 8.00. The predicted octanol–water partition coefficient (Wildman–Crippen LogP) is -3.55. The second kappa shape index (κ2) is 18.0. The average Bonchev–Trinajstić information content (AvgIpc) is 3.54. The second-order valence-corrected chi connectivity index (χ2v) is 14.6. The van der Waals surface area contributed by atoms with Gasteiger partial charge in [-0.15, -0.1) is 23.1 Å². The number of nitrogen functional groups attached to an aromatic ring is 1. The first-order valence-corrected chi connectivity index (χ1v) is 18.4. The molecule has 0 radical (unpaired) electrons. The van der Waals surface area contributed by atoms with E-state index in [1.54, 1.807) is 6.92 Å². The fourth-order valence-corrected chi connectivity index (χ4v) is 7.81. The number of carboxylic acid groups (broad SMARTS) is 2. The summed E-state index contributed by atoms with van der Waals surface area (Å²) in [7, 11) is -5.02. The molecule has 3 aliphatic rings. The van der Waals surface area contributed by atoms with Gasteiger partial charge in [0, 0.05) is 11.1 Å². The van der Waals surface area contributed by atoms with Gasteiger partial charge in [-0.2, -0.15) is 8.42 Å². The van der Waals surface area contributed by atoms with E-state index in [9.17, 15) is 52.2 Å². The number of thioether (sulfide) groups is 1. The predicted molar refractivity (Wildman–Crippen MR) is 190 cm³/mol. The number of fused-ring (bicyclic) bond motifs is 1. The van der Waals surface area contributed by atoms with Crippen LogP contribution in [0.4, 0.5) is 9.93 Å². The minimum Gasteiger partial charge on any atom is -0.508 e. The van der Waals surface area contributed by atoms with Crippen molar-refractivity contribution in [2.45, 2.75) is 36.5 Å². The number of benzene rings is 1. The van der Waals surface area contributed by atoms with Gasteiger partial charge in [0.25, 0.3) is 17.7 Å². The van der Waals surface area contributed by atoms with Gasteiger partial charge in [0.05, 0.1) is 0 Å². The molecule has 3 aliphatic heterocycles. The number of ether oxygens (including phenoxy) is 1.